The lowest BCUT2D eigenvalue weighted by Gasteiger charge is -2.57. The molecule has 5 aliphatic carbocycles. The minimum Gasteiger partial charge on any atom is -0.300 e. The molecule has 0 bridgehead atoms. The molecule has 1 nitrogen and oxygen atoms in total. The molecule has 0 amide bonds. The normalized spacial score (nSPS) is 55.2. The molecule has 25 heavy (non-hydrogen) atoms. The number of carbonyl (C=O) groups is 1. The van der Waals surface area contributed by atoms with E-state index in [-0.39, 0.29) is 0 Å². The van der Waals surface area contributed by atoms with E-state index in [0.29, 0.717) is 17.1 Å². The van der Waals surface area contributed by atoms with Crippen LogP contribution in [0.2, 0.25) is 0 Å². The summed E-state index contributed by atoms with van der Waals surface area (Å²) in [5.41, 5.74) is 0.342. The topological polar surface area (TPSA) is 17.1 Å². The van der Waals surface area contributed by atoms with E-state index in [1.54, 1.807) is 0 Å². The van der Waals surface area contributed by atoms with Crippen molar-refractivity contribution in [3.63, 3.8) is 0 Å². The lowest BCUT2D eigenvalue weighted by molar-refractivity contribution is -0.128. The van der Waals surface area contributed by atoms with E-state index in [2.05, 4.69) is 13.8 Å². The molecule has 1 heteroatoms. The molecule has 5 saturated carbocycles. The minimum atomic E-state index is 0.342. The zero-order valence-corrected chi connectivity index (χ0v) is 16.7. The molecule has 0 saturated heterocycles. The van der Waals surface area contributed by atoms with Crippen molar-refractivity contribution in [2.75, 3.05) is 0 Å². The van der Waals surface area contributed by atoms with E-state index >= 15 is 0 Å². The van der Waals surface area contributed by atoms with Crippen molar-refractivity contribution in [2.24, 2.45) is 58.7 Å². The fourth-order valence-electron chi connectivity index (χ4n) is 8.90. The van der Waals surface area contributed by atoms with Gasteiger partial charge in [-0.2, -0.15) is 0 Å². The quantitative estimate of drug-likeness (QED) is 0.591. The fraction of sp³-hybridized carbons (Fsp3) is 0.958. The van der Waals surface area contributed by atoms with E-state index in [0.717, 1.165) is 47.3 Å². The van der Waals surface area contributed by atoms with Crippen molar-refractivity contribution in [3.8, 4) is 0 Å². The van der Waals surface area contributed by atoms with Crippen LogP contribution in [0.15, 0.2) is 0 Å². The average molecular weight is 343 g/mol. The van der Waals surface area contributed by atoms with Crippen molar-refractivity contribution in [1.29, 1.82) is 0 Å². The molecule has 9 atom stereocenters. The van der Waals surface area contributed by atoms with E-state index in [1.807, 2.05) is 6.92 Å². The van der Waals surface area contributed by atoms with Crippen LogP contribution in [-0.2, 0) is 4.79 Å². The Morgan fingerprint density at radius 3 is 2.24 bits per heavy atom. The largest absolute Gasteiger partial charge is 0.300 e. The number of hydrogen-bond acceptors (Lipinski definition) is 1. The Balaban J connectivity index is 1.45. The molecule has 5 fully saturated rings. The predicted octanol–water partition coefficient (Wildman–Crippen LogP) is 6.12. The van der Waals surface area contributed by atoms with Crippen LogP contribution < -0.4 is 0 Å². The molecule has 0 aromatic heterocycles. The van der Waals surface area contributed by atoms with E-state index in [4.69, 9.17) is 0 Å². The summed E-state index contributed by atoms with van der Waals surface area (Å²) in [6, 6.07) is 0. The van der Waals surface area contributed by atoms with Crippen LogP contribution in [0.4, 0.5) is 0 Å². The highest BCUT2D eigenvalue weighted by molar-refractivity contribution is 5.79. The van der Waals surface area contributed by atoms with Gasteiger partial charge in [-0.15, -0.1) is 0 Å². The van der Waals surface area contributed by atoms with Crippen LogP contribution in [0.25, 0.3) is 0 Å². The number of fused-ring (bicyclic) bond motifs is 5. The van der Waals surface area contributed by atoms with Crippen LogP contribution in [0, 0.1) is 58.7 Å². The Morgan fingerprint density at radius 1 is 0.800 bits per heavy atom. The molecule has 0 aromatic rings. The Hall–Kier alpha value is -0.330. The van der Waals surface area contributed by atoms with E-state index in [9.17, 15) is 4.79 Å². The maximum absolute atomic E-state index is 12.5. The van der Waals surface area contributed by atoms with Crippen LogP contribution in [0.3, 0.4) is 0 Å². The van der Waals surface area contributed by atoms with Gasteiger partial charge in [0.2, 0.25) is 0 Å². The summed E-state index contributed by atoms with van der Waals surface area (Å²) in [6.45, 7) is 6.92. The highest BCUT2D eigenvalue weighted by Crippen LogP contribution is 2.69. The first-order chi connectivity index (χ1) is 12.0. The second kappa shape index (κ2) is 5.83. The summed E-state index contributed by atoms with van der Waals surface area (Å²) in [5.74, 6) is 8.67. The van der Waals surface area contributed by atoms with E-state index in [1.165, 1.54) is 64.2 Å². The highest BCUT2D eigenvalue weighted by Gasteiger charge is 2.63. The van der Waals surface area contributed by atoms with Crippen LogP contribution in [0.5, 0.6) is 0 Å². The number of carbonyl (C=O) groups excluding carboxylic acids is 1. The molecule has 0 N–H and O–H groups in total. The fourth-order valence-corrected chi connectivity index (χ4v) is 8.90. The minimum absolute atomic E-state index is 0.342. The third-order valence-electron chi connectivity index (χ3n) is 10.00. The number of hydrogen-bond donors (Lipinski definition) is 0. The van der Waals surface area contributed by atoms with Crippen LogP contribution >= 0.6 is 0 Å². The third-order valence-corrected chi connectivity index (χ3v) is 10.00. The molecule has 5 aliphatic rings. The summed E-state index contributed by atoms with van der Waals surface area (Å²) >= 11 is 0. The maximum Gasteiger partial charge on any atom is 0.133 e. The van der Waals surface area contributed by atoms with Gasteiger partial charge in [-0.05, 0) is 117 Å². The standard InChI is InChI=1S/C24H38O/c1-14-4-8-18-17(12-14)7-9-20-19(18)10-11-24(3)22(15(2)25)13-21(23(20)24)16-5-6-16/h14,16-23H,4-13H2,1-3H3/t14-,17+,18-,19?,20?,21-,22+,23?,24+/m0/s1. The summed E-state index contributed by atoms with van der Waals surface area (Å²) in [4.78, 5) is 12.5. The summed E-state index contributed by atoms with van der Waals surface area (Å²) in [5, 5.41) is 0. The Morgan fingerprint density at radius 2 is 1.52 bits per heavy atom. The van der Waals surface area contributed by atoms with Gasteiger partial charge < -0.3 is 0 Å². The summed E-state index contributed by atoms with van der Waals surface area (Å²) in [7, 11) is 0. The summed E-state index contributed by atoms with van der Waals surface area (Å²) < 4.78 is 0. The monoisotopic (exact) mass is 342 g/mol. The van der Waals surface area contributed by atoms with Gasteiger partial charge in [0.05, 0.1) is 0 Å². The Bertz CT molecular complexity index is 548. The predicted molar refractivity (Wildman–Crippen MR) is 102 cm³/mol. The lowest BCUT2D eigenvalue weighted by atomic mass is 9.48. The lowest BCUT2D eigenvalue weighted by Crippen LogP contribution is -2.50. The molecule has 0 spiro atoms. The van der Waals surface area contributed by atoms with Gasteiger partial charge in [0, 0.05) is 5.92 Å². The van der Waals surface area contributed by atoms with Crippen LogP contribution in [0.1, 0.15) is 85.0 Å². The van der Waals surface area contributed by atoms with Crippen molar-refractivity contribution in [3.05, 3.63) is 0 Å². The van der Waals surface area contributed by atoms with Gasteiger partial charge in [-0.3, -0.25) is 4.79 Å². The molecule has 0 aromatic carbocycles. The van der Waals surface area contributed by atoms with Crippen molar-refractivity contribution in [2.45, 2.75) is 85.0 Å². The molecule has 0 heterocycles. The molecular weight excluding hydrogens is 304 g/mol. The molecule has 140 valence electrons. The second-order valence-electron chi connectivity index (χ2n) is 11.2. The Labute approximate surface area is 154 Å². The van der Waals surface area contributed by atoms with E-state index < -0.39 is 0 Å². The van der Waals surface area contributed by atoms with Crippen molar-refractivity contribution < 1.29 is 4.79 Å². The number of Topliss-reactive ketones (excluding diaryl/α,β-unsaturated/α-hetero) is 1. The molecule has 0 aliphatic heterocycles. The van der Waals surface area contributed by atoms with Gasteiger partial charge in [-0.25, -0.2) is 0 Å². The first-order valence-corrected chi connectivity index (χ1v) is 11.5. The van der Waals surface area contributed by atoms with Gasteiger partial charge >= 0.3 is 0 Å². The van der Waals surface area contributed by atoms with Gasteiger partial charge in [-0.1, -0.05) is 20.3 Å². The van der Waals surface area contributed by atoms with Crippen LogP contribution in [-0.4, -0.2) is 5.78 Å². The second-order valence-corrected chi connectivity index (χ2v) is 11.2. The summed E-state index contributed by atoms with van der Waals surface area (Å²) in [6.07, 6.45) is 14.5. The first kappa shape index (κ1) is 16.8. The van der Waals surface area contributed by atoms with Gasteiger partial charge in [0.15, 0.2) is 0 Å². The van der Waals surface area contributed by atoms with Gasteiger partial charge in [0.1, 0.15) is 5.78 Å². The molecule has 3 unspecified atom stereocenters. The zero-order chi connectivity index (χ0) is 17.3. The smallest absolute Gasteiger partial charge is 0.133 e. The average Bonchev–Trinajstić information content (AvgIpc) is 3.36. The third kappa shape index (κ3) is 2.50. The zero-order valence-electron chi connectivity index (χ0n) is 16.7. The van der Waals surface area contributed by atoms with Crippen molar-refractivity contribution >= 4 is 5.78 Å². The Kier molecular flexibility index (Phi) is 3.92. The van der Waals surface area contributed by atoms with Gasteiger partial charge in [0.25, 0.3) is 0 Å². The molecule has 5 rings (SSSR count). The van der Waals surface area contributed by atoms with Crippen molar-refractivity contribution in [1.82, 2.24) is 0 Å². The SMILES string of the molecule is CC(=O)[C@H]1C[C@@H](C2CC2)C2C3CC[C@@H]4C[C@@H](C)CC[C@@H]4C3CC[C@@]21C. The molecule has 0 radical (unpaired) electrons. The number of rotatable bonds is 2. The maximum atomic E-state index is 12.5. The molecular formula is C24H38O. The first-order valence-electron chi connectivity index (χ1n) is 11.5. The highest BCUT2D eigenvalue weighted by atomic mass is 16.1. The number of ketones is 1.